The standard InChI is InChI=1S/C19H22N4O3S/c1-12-17(19(26)23-9-7-22(8-10-23)14(3)25)21-18(27-12)15-5-4-6-16(11-15)20-13(2)24/h4-6,11H,7-10H2,1-3H3,(H,20,24). The van der Waals surface area contributed by atoms with E-state index in [1.165, 1.54) is 18.3 Å². The van der Waals surface area contributed by atoms with Gasteiger partial charge in [-0.05, 0) is 19.1 Å². The van der Waals surface area contributed by atoms with Crippen LogP contribution in [0.5, 0.6) is 0 Å². The molecule has 1 aromatic heterocycles. The van der Waals surface area contributed by atoms with E-state index >= 15 is 0 Å². The number of aromatic nitrogens is 1. The highest BCUT2D eigenvalue weighted by Gasteiger charge is 2.26. The molecule has 1 N–H and O–H groups in total. The van der Waals surface area contributed by atoms with Gasteiger partial charge < -0.3 is 15.1 Å². The summed E-state index contributed by atoms with van der Waals surface area (Å²) in [6.45, 7) is 7.03. The van der Waals surface area contributed by atoms with Crippen LogP contribution in [0.1, 0.15) is 29.2 Å². The molecule has 2 aromatic rings. The predicted molar refractivity (Wildman–Crippen MR) is 105 cm³/mol. The molecule has 2 heterocycles. The molecule has 142 valence electrons. The third-order valence-electron chi connectivity index (χ3n) is 4.44. The van der Waals surface area contributed by atoms with E-state index in [0.717, 1.165) is 15.4 Å². The smallest absolute Gasteiger partial charge is 0.273 e. The summed E-state index contributed by atoms with van der Waals surface area (Å²) >= 11 is 1.46. The monoisotopic (exact) mass is 386 g/mol. The molecule has 3 rings (SSSR count). The molecule has 0 radical (unpaired) electrons. The molecule has 8 heteroatoms. The number of amides is 3. The number of thiazole rings is 1. The minimum absolute atomic E-state index is 0.0354. The molecule has 1 aliphatic heterocycles. The summed E-state index contributed by atoms with van der Waals surface area (Å²) in [5.74, 6) is -0.201. The van der Waals surface area contributed by atoms with E-state index in [4.69, 9.17) is 0 Å². The van der Waals surface area contributed by atoms with Crippen LogP contribution in [0.2, 0.25) is 0 Å². The second-order valence-electron chi connectivity index (χ2n) is 6.48. The Hall–Kier alpha value is -2.74. The largest absolute Gasteiger partial charge is 0.339 e. The summed E-state index contributed by atoms with van der Waals surface area (Å²) in [7, 11) is 0. The molecule has 0 aliphatic carbocycles. The lowest BCUT2D eigenvalue weighted by Crippen LogP contribution is -2.50. The number of nitrogens with zero attached hydrogens (tertiary/aromatic N) is 3. The van der Waals surface area contributed by atoms with Crippen molar-refractivity contribution in [3.63, 3.8) is 0 Å². The average Bonchev–Trinajstić information content (AvgIpc) is 3.02. The minimum Gasteiger partial charge on any atom is -0.339 e. The minimum atomic E-state index is -0.136. The third-order valence-corrected chi connectivity index (χ3v) is 5.46. The van der Waals surface area contributed by atoms with Crippen LogP contribution in [-0.2, 0) is 9.59 Å². The van der Waals surface area contributed by atoms with E-state index in [1.54, 1.807) is 16.7 Å². The van der Waals surface area contributed by atoms with Crippen molar-refractivity contribution < 1.29 is 14.4 Å². The number of benzene rings is 1. The molecule has 7 nitrogen and oxygen atoms in total. The molecule has 0 spiro atoms. The fourth-order valence-corrected chi connectivity index (χ4v) is 3.93. The fourth-order valence-electron chi connectivity index (χ4n) is 3.03. The Morgan fingerprint density at radius 2 is 1.74 bits per heavy atom. The molecule has 0 saturated carbocycles. The van der Waals surface area contributed by atoms with E-state index in [9.17, 15) is 14.4 Å². The number of anilines is 1. The summed E-state index contributed by atoms with van der Waals surface area (Å²) in [6.07, 6.45) is 0. The van der Waals surface area contributed by atoms with Crippen LogP contribution in [0.4, 0.5) is 5.69 Å². The van der Waals surface area contributed by atoms with Crippen molar-refractivity contribution in [1.82, 2.24) is 14.8 Å². The maximum Gasteiger partial charge on any atom is 0.273 e. The van der Waals surface area contributed by atoms with Crippen molar-refractivity contribution in [1.29, 1.82) is 0 Å². The Balaban J connectivity index is 1.78. The summed E-state index contributed by atoms with van der Waals surface area (Å²) in [4.78, 5) is 44.5. The zero-order valence-electron chi connectivity index (χ0n) is 15.6. The van der Waals surface area contributed by atoms with E-state index in [2.05, 4.69) is 10.3 Å². The molecule has 3 amide bonds. The first kappa shape index (κ1) is 19.0. The van der Waals surface area contributed by atoms with Crippen LogP contribution in [0.3, 0.4) is 0 Å². The van der Waals surface area contributed by atoms with Gasteiger partial charge in [0, 0.05) is 56.2 Å². The second-order valence-corrected chi connectivity index (χ2v) is 7.69. The molecule has 0 unspecified atom stereocenters. The maximum atomic E-state index is 12.9. The Labute approximate surface area is 162 Å². The fraction of sp³-hybridized carbons (Fsp3) is 0.368. The van der Waals surface area contributed by atoms with E-state index in [-0.39, 0.29) is 17.7 Å². The van der Waals surface area contributed by atoms with E-state index in [1.807, 2.05) is 31.2 Å². The van der Waals surface area contributed by atoms with Crippen molar-refractivity contribution in [3.05, 3.63) is 34.8 Å². The van der Waals surface area contributed by atoms with E-state index in [0.29, 0.717) is 37.6 Å². The van der Waals surface area contributed by atoms with Crippen molar-refractivity contribution >= 4 is 34.7 Å². The number of rotatable bonds is 3. The topological polar surface area (TPSA) is 82.6 Å². The molecule has 27 heavy (non-hydrogen) atoms. The van der Waals surface area contributed by atoms with Gasteiger partial charge in [0.25, 0.3) is 5.91 Å². The lowest BCUT2D eigenvalue weighted by molar-refractivity contribution is -0.130. The van der Waals surface area contributed by atoms with Crippen LogP contribution < -0.4 is 5.32 Å². The van der Waals surface area contributed by atoms with Crippen molar-refractivity contribution in [3.8, 4) is 10.6 Å². The van der Waals surface area contributed by atoms with Gasteiger partial charge in [0.15, 0.2) is 0 Å². The maximum absolute atomic E-state index is 12.9. The zero-order chi connectivity index (χ0) is 19.6. The first-order chi connectivity index (χ1) is 12.8. The van der Waals surface area contributed by atoms with Gasteiger partial charge in [0.05, 0.1) is 0 Å². The molecule has 1 aliphatic rings. The predicted octanol–water partition coefficient (Wildman–Crippen LogP) is 2.38. The van der Waals surface area contributed by atoms with Gasteiger partial charge in [0.2, 0.25) is 11.8 Å². The zero-order valence-corrected chi connectivity index (χ0v) is 16.4. The lowest BCUT2D eigenvalue weighted by Gasteiger charge is -2.33. The first-order valence-corrected chi connectivity index (χ1v) is 9.57. The molecule has 1 aromatic carbocycles. The second kappa shape index (κ2) is 7.87. The Kier molecular flexibility index (Phi) is 5.55. The van der Waals surface area contributed by atoms with Crippen molar-refractivity contribution in [2.45, 2.75) is 20.8 Å². The number of nitrogens with one attached hydrogen (secondary N) is 1. The van der Waals surface area contributed by atoms with Crippen LogP contribution in [0.15, 0.2) is 24.3 Å². The third kappa shape index (κ3) is 4.33. The summed E-state index contributed by atoms with van der Waals surface area (Å²) in [5.41, 5.74) is 2.01. The van der Waals surface area contributed by atoms with Crippen LogP contribution in [0, 0.1) is 6.92 Å². The highest BCUT2D eigenvalue weighted by Crippen LogP contribution is 2.30. The Morgan fingerprint density at radius 1 is 1.07 bits per heavy atom. The van der Waals surface area contributed by atoms with Crippen molar-refractivity contribution in [2.75, 3.05) is 31.5 Å². The molecule has 0 bridgehead atoms. The van der Waals surface area contributed by atoms with Crippen LogP contribution in [-0.4, -0.2) is 58.7 Å². The highest BCUT2D eigenvalue weighted by atomic mass is 32.1. The quantitative estimate of drug-likeness (QED) is 0.878. The summed E-state index contributed by atoms with van der Waals surface area (Å²) in [6, 6.07) is 7.41. The summed E-state index contributed by atoms with van der Waals surface area (Å²) in [5, 5.41) is 3.50. The van der Waals surface area contributed by atoms with E-state index < -0.39 is 0 Å². The molecular weight excluding hydrogens is 364 g/mol. The van der Waals surface area contributed by atoms with Gasteiger partial charge in [-0.1, -0.05) is 12.1 Å². The van der Waals surface area contributed by atoms with Crippen molar-refractivity contribution in [2.24, 2.45) is 0 Å². The Bertz CT molecular complexity index is 885. The van der Waals surface area contributed by atoms with Crippen LogP contribution in [0.25, 0.3) is 10.6 Å². The van der Waals surface area contributed by atoms with Gasteiger partial charge in [-0.15, -0.1) is 11.3 Å². The van der Waals surface area contributed by atoms with Crippen LogP contribution >= 0.6 is 11.3 Å². The number of piperazine rings is 1. The number of aryl methyl sites for hydroxylation is 1. The number of carbonyl (C=O) groups excluding carboxylic acids is 3. The summed E-state index contributed by atoms with van der Waals surface area (Å²) < 4.78 is 0. The normalized spacial score (nSPS) is 14.2. The van der Waals surface area contributed by atoms with Gasteiger partial charge in [-0.3, -0.25) is 14.4 Å². The number of hydrogen-bond donors (Lipinski definition) is 1. The molecule has 0 atom stereocenters. The number of carbonyl (C=O) groups is 3. The van der Waals surface area contributed by atoms with Gasteiger partial charge in [-0.25, -0.2) is 4.98 Å². The van der Waals surface area contributed by atoms with Gasteiger partial charge in [0.1, 0.15) is 10.7 Å². The molecule has 1 fully saturated rings. The first-order valence-electron chi connectivity index (χ1n) is 8.75. The Morgan fingerprint density at radius 3 is 2.37 bits per heavy atom. The lowest BCUT2D eigenvalue weighted by atomic mass is 10.2. The molecular formula is C19H22N4O3S. The number of hydrogen-bond acceptors (Lipinski definition) is 5. The molecule has 1 saturated heterocycles. The SMILES string of the molecule is CC(=O)Nc1cccc(-c2nc(C(=O)N3CCN(C(C)=O)CC3)c(C)s2)c1. The van der Waals surface area contributed by atoms with Gasteiger partial charge >= 0.3 is 0 Å². The van der Waals surface area contributed by atoms with Gasteiger partial charge in [-0.2, -0.15) is 0 Å². The average molecular weight is 386 g/mol. The highest BCUT2D eigenvalue weighted by molar-refractivity contribution is 7.15.